The Labute approximate surface area is 153 Å². The van der Waals surface area contributed by atoms with Crippen LogP contribution in [0.5, 0.6) is 0 Å². The van der Waals surface area contributed by atoms with Gasteiger partial charge in [-0.1, -0.05) is 96.7 Å². The van der Waals surface area contributed by atoms with E-state index in [0.717, 1.165) is 11.1 Å². The summed E-state index contributed by atoms with van der Waals surface area (Å²) in [5.41, 5.74) is 2.37. The van der Waals surface area contributed by atoms with Gasteiger partial charge in [-0.2, -0.15) is 8.78 Å². The zero-order valence-electron chi connectivity index (χ0n) is 13.6. The van der Waals surface area contributed by atoms with Crippen molar-refractivity contribution in [3.8, 4) is 11.1 Å². The van der Waals surface area contributed by atoms with Crippen molar-refractivity contribution in [2.24, 2.45) is 4.99 Å². The molecule has 3 aromatic rings. The smallest absolute Gasteiger partial charge is 0.217 e. The molecule has 1 aliphatic rings. The Morgan fingerprint density at radius 2 is 1.12 bits per heavy atom. The number of benzene rings is 3. The van der Waals surface area contributed by atoms with Crippen LogP contribution in [0.2, 0.25) is 0 Å². The van der Waals surface area contributed by atoms with Gasteiger partial charge in [0.25, 0.3) is 5.00 Å². The highest BCUT2D eigenvalue weighted by atomic mass is 32.2. The van der Waals surface area contributed by atoms with Gasteiger partial charge in [-0.15, -0.1) is 0 Å². The fraction of sp³-hybridized carbons (Fsp3) is 0.0952. The molecule has 0 saturated carbocycles. The van der Waals surface area contributed by atoms with E-state index in [9.17, 15) is 8.78 Å². The second-order valence-corrected chi connectivity index (χ2v) is 7.12. The Hall–Kier alpha value is -2.53. The molecule has 0 N–H and O–H groups in total. The third-order valence-electron chi connectivity index (χ3n) is 4.25. The monoisotopic (exact) mass is 369 g/mol. The SMILES string of the molecule is FC1(F)N=C(c2ccc(-c3ccccc3)cc2)SC1(F)c1ccccc1. The van der Waals surface area contributed by atoms with Crippen molar-refractivity contribution >= 4 is 16.8 Å². The van der Waals surface area contributed by atoms with E-state index in [1.54, 1.807) is 30.3 Å². The summed E-state index contributed by atoms with van der Waals surface area (Å²) in [5, 5.41) is -2.90. The van der Waals surface area contributed by atoms with Gasteiger partial charge in [0.1, 0.15) is 5.04 Å². The van der Waals surface area contributed by atoms with Crippen LogP contribution in [0.15, 0.2) is 89.9 Å². The Bertz CT molecular complexity index is 940. The van der Waals surface area contributed by atoms with Crippen LogP contribution in [-0.2, 0) is 5.00 Å². The first-order chi connectivity index (χ1) is 12.5. The van der Waals surface area contributed by atoms with E-state index in [1.165, 1.54) is 12.1 Å². The molecule has 26 heavy (non-hydrogen) atoms. The van der Waals surface area contributed by atoms with Crippen LogP contribution in [0.4, 0.5) is 13.2 Å². The van der Waals surface area contributed by atoms with Crippen LogP contribution < -0.4 is 0 Å². The van der Waals surface area contributed by atoms with Crippen LogP contribution in [0.3, 0.4) is 0 Å². The molecular formula is C21H14F3NS. The standard InChI is InChI=1S/C21H14F3NS/c22-20(18-9-5-2-6-10-18)21(23,24)25-19(26-20)17-13-11-16(12-14-17)15-7-3-1-4-8-15/h1-14H. The lowest BCUT2D eigenvalue weighted by Crippen LogP contribution is -2.33. The minimum absolute atomic E-state index is 0.000893. The number of rotatable bonds is 3. The van der Waals surface area contributed by atoms with E-state index in [0.29, 0.717) is 17.3 Å². The van der Waals surface area contributed by atoms with Gasteiger partial charge < -0.3 is 0 Å². The van der Waals surface area contributed by atoms with Gasteiger partial charge in [0, 0.05) is 11.1 Å². The zero-order chi connectivity index (χ0) is 18.2. The summed E-state index contributed by atoms with van der Waals surface area (Å²) < 4.78 is 44.0. The second kappa shape index (κ2) is 6.32. The molecule has 0 fully saturated rings. The Morgan fingerprint density at radius 1 is 0.615 bits per heavy atom. The molecule has 0 spiro atoms. The van der Waals surface area contributed by atoms with E-state index in [-0.39, 0.29) is 10.6 Å². The summed E-state index contributed by atoms with van der Waals surface area (Å²) in [5.74, 6) is 0. The third kappa shape index (κ3) is 2.82. The van der Waals surface area contributed by atoms with Crippen LogP contribution >= 0.6 is 11.8 Å². The number of hydrogen-bond acceptors (Lipinski definition) is 2. The second-order valence-electron chi connectivity index (χ2n) is 5.96. The predicted octanol–water partition coefficient (Wildman–Crippen LogP) is 6.26. The molecule has 1 unspecified atom stereocenters. The molecule has 0 radical (unpaired) electrons. The lowest BCUT2D eigenvalue weighted by Gasteiger charge is -2.24. The van der Waals surface area contributed by atoms with Crippen LogP contribution in [0.25, 0.3) is 11.1 Å². The summed E-state index contributed by atoms with van der Waals surface area (Å²) in [6.07, 6.45) is 0. The van der Waals surface area contributed by atoms with Gasteiger partial charge in [0.05, 0.1) is 0 Å². The maximum Gasteiger partial charge on any atom is 0.391 e. The molecule has 130 valence electrons. The van der Waals surface area contributed by atoms with E-state index in [2.05, 4.69) is 4.99 Å². The van der Waals surface area contributed by atoms with Gasteiger partial charge >= 0.3 is 6.05 Å². The lowest BCUT2D eigenvalue weighted by molar-refractivity contribution is -0.0815. The minimum atomic E-state index is -3.83. The molecule has 3 aromatic carbocycles. The molecule has 0 aliphatic carbocycles. The van der Waals surface area contributed by atoms with Crippen molar-refractivity contribution in [2.45, 2.75) is 11.0 Å². The highest BCUT2D eigenvalue weighted by Crippen LogP contribution is 2.56. The number of nitrogens with zero attached hydrogens (tertiary/aromatic N) is 1. The fourth-order valence-electron chi connectivity index (χ4n) is 2.86. The number of thioether (sulfide) groups is 1. The molecule has 0 bridgehead atoms. The summed E-state index contributed by atoms with van der Waals surface area (Å²) >= 11 is 0.461. The average molecular weight is 369 g/mol. The first kappa shape index (κ1) is 16.9. The summed E-state index contributed by atoms with van der Waals surface area (Å²) in [6, 6.07) is 20.4. The van der Waals surface area contributed by atoms with Crippen molar-refractivity contribution in [3.63, 3.8) is 0 Å². The zero-order valence-corrected chi connectivity index (χ0v) is 14.4. The number of halogens is 3. The largest absolute Gasteiger partial charge is 0.391 e. The van der Waals surface area contributed by atoms with Gasteiger partial charge in [0.15, 0.2) is 0 Å². The molecular weight excluding hydrogens is 355 g/mol. The van der Waals surface area contributed by atoms with Crippen LogP contribution in [-0.4, -0.2) is 11.1 Å². The van der Waals surface area contributed by atoms with Gasteiger partial charge in [-0.05, 0) is 11.1 Å². The molecule has 0 amide bonds. The third-order valence-corrected chi connectivity index (χ3v) is 5.53. The maximum atomic E-state index is 15.2. The highest BCUT2D eigenvalue weighted by molar-refractivity contribution is 8.15. The Morgan fingerprint density at radius 3 is 1.73 bits per heavy atom. The predicted molar refractivity (Wildman–Crippen MR) is 100 cm³/mol. The van der Waals surface area contributed by atoms with E-state index >= 15 is 4.39 Å². The fourth-order valence-corrected chi connectivity index (χ4v) is 3.96. The Kier molecular flexibility index (Phi) is 4.11. The molecule has 1 atom stereocenters. The number of alkyl halides is 3. The summed E-state index contributed by atoms with van der Waals surface area (Å²) in [4.78, 5) is 3.39. The summed E-state index contributed by atoms with van der Waals surface area (Å²) in [7, 11) is 0. The van der Waals surface area contributed by atoms with Crippen molar-refractivity contribution in [1.82, 2.24) is 0 Å². The van der Waals surface area contributed by atoms with Crippen LogP contribution in [0, 0.1) is 0 Å². The van der Waals surface area contributed by atoms with E-state index in [1.807, 2.05) is 42.5 Å². The average Bonchev–Trinajstić information content (AvgIpc) is 2.94. The lowest BCUT2D eigenvalue weighted by atomic mass is 10.0. The first-order valence-corrected chi connectivity index (χ1v) is 8.88. The molecule has 1 aliphatic heterocycles. The van der Waals surface area contributed by atoms with Crippen molar-refractivity contribution in [2.75, 3.05) is 0 Å². The highest BCUT2D eigenvalue weighted by Gasteiger charge is 2.62. The molecule has 0 aromatic heterocycles. The van der Waals surface area contributed by atoms with Crippen molar-refractivity contribution < 1.29 is 13.2 Å². The van der Waals surface area contributed by atoms with Crippen molar-refractivity contribution in [1.29, 1.82) is 0 Å². The molecule has 1 heterocycles. The van der Waals surface area contributed by atoms with Crippen LogP contribution in [0.1, 0.15) is 11.1 Å². The minimum Gasteiger partial charge on any atom is -0.217 e. The van der Waals surface area contributed by atoms with E-state index < -0.39 is 11.0 Å². The maximum absolute atomic E-state index is 15.2. The normalized spacial score (nSPS) is 21.4. The van der Waals surface area contributed by atoms with Gasteiger partial charge in [-0.3, -0.25) is 0 Å². The molecule has 1 nitrogen and oxygen atoms in total. The molecule has 4 rings (SSSR count). The van der Waals surface area contributed by atoms with E-state index in [4.69, 9.17) is 0 Å². The summed E-state index contributed by atoms with van der Waals surface area (Å²) in [6.45, 7) is 0. The first-order valence-electron chi connectivity index (χ1n) is 8.07. The van der Waals surface area contributed by atoms with Gasteiger partial charge in [-0.25, -0.2) is 9.38 Å². The number of hydrogen-bond donors (Lipinski definition) is 0. The topological polar surface area (TPSA) is 12.4 Å². The van der Waals surface area contributed by atoms with Crippen molar-refractivity contribution in [3.05, 3.63) is 96.1 Å². The number of aliphatic imine (C=N–C) groups is 1. The van der Waals surface area contributed by atoms with Gasteiger partial charge in [0.2, 0.25) is 0 Å². The Balaban J connectivity index is 1.65. The molecule has 0 saturated heterocycles. The quantitative estimate of drug-likeness (QED) is 0.496. The molecule has 5 heteroatoms.